The van der Waals surface area contributed by atoms with Crippen LogP contribution in [0.15, 0.2) is 36.4 Å². The van der Waals surface area contributed by atoms with Crippen molar-refractivity contribution in [2.45, 2.75) is 76.9 Å². The van der Waals surface area contributed by atoms with Gasteiger partial charge in [0, 0.05) is 5.75 Å². The molecule has 2 aromatic rings. The van der Waals surface area contributed by atoms with Crippen LogP contribution in [-0.2, 0) is 16.6 Å². The predicted octanol–water partition coefficient (Wildman–Crippen LogP) is 7.94. The van der Waals surface area contributed by atoms with E-state index in [-0.39, 0.29) is 10.8 Å². The Labute approximate surface area is 192 Å². The molecular weight excluding hydrogens is 400 g/mol. The average Bonchev–Trinajstić information content (AvgIpc) is 2.73. The van der Waals surface area contributed by atoms with E-state index in [1.807, 2.05) is 23.9 Å². The summed E-state index contributed by atoms with van der Waals surface area (Å²) in [6.07, 6.45) is 9.24. The number of aromatic carboxylic acids is 1. The van der Waals surface area contributed by atoms with Gasteiger partial charge in [0.05, 0.1) is 5.56 Å². The normalized spacial score (nSPS) is 16.9. The molecule has 0 saturated heterocycles. The highest BCUT2D eigenvalue weighted by Crippen LogP contribution is 2.47. The Bertz CT molecular complexity index is 952. The number of carboxylic acids is 1. The van der Waals surface area contributed by atoms with Gasteiger partial charge in [-0.3, -0.25) is 0 Å². The largest absolute Gasteiger partial charge is 0.478 e. The van der Waals surface area contributed by atoms with Gasteiger partial charge in [0.1, 0.15) is 0 Å². The third-order valence-electron chi connectivity index (χ3n) is 6.63. The van der Waals surface area contributed by atoms with Crippen molar-refractivity contribution in [3.63, 3.8) is 0 Å². The van der Waals surface area contributed by atoms with Gasteiger partial charge in [-0.15, -0.1) is 0 Å². The molecule has 2 nitrogen and oxygen atoms in total. The Morgan fingerprint density at radius 2 is 1.61 bits per heavy atom. The standard InChI is InChI=1S/C28H36O2S/c1-6-7-16-31-19-23-18-25-24(27(2,3)14-15-28(25,4)5)17-22(23)13-10-20-8-11-21(12-9-20)26(29)30/h8-13,17-18H,6-7,14-16,19H2,1-5H3,(H,29,30)/b13-10+. The van der Waals surface area contributed by atoms with E-state index >= 15 is 0 Å². The van der Waals surface area contributed by atoms with E-state index in [0.29, 0.717) is 5.56 Å². The van der Waals surface area contributed by atoms with Crippen LogP contribution in [0.3, 0.4) is 0 Å². The summed E-state index contributed by atoms with van der Waals surface area (Å²) in [7, 11) is 0. The zero-order valence-electron chi connectivity index (χ0n) is 19.6. The van der Waals surface area contributed by atoms with Gasteiger partial charge in [-0.1, -0.05) is 77.5 Å². The summed E-state index contributed by atoms with van der Waals surface area (Å²) in [5.41, 5.74) is 7.42. The Balaban J connectivity index is 1.98. The van der Waals surface area contributed by atoms with Crippen molar-refractivity contribution >= 4 is 29.9 Å². The van der Waals surface area contributed by atoms with Crippen LogP contribution in [0.25, 0.3) is 12.2 Å². The second-order valence-electron chi connectivity index (χ2n) is 10.0. The van der Waals surface area contributed by atoms with E-state index in [1.54, 1.807) is 12.1 Å². The van der Waals surface area contributed by atoms with Crippen LogP contribution in [0, 0.1) is 0 Å². The third kappa shape index (κ3) is 5.63. The van der Waals surface area contributed by atoms with Gasteiger partial charge in [0.25, 0.3) is 0 Å². The van der Waals surface area contributed by atoms with E-state index in [0.717, 1.165) is 11.3 Å². The molecule has 0 spiro atoms. The molecule has 166 valence electrons. The van der Waals surface area contributed by atoms with E-state index in [4.69, 9.17) is 5.11 Å². The molecule has 31 heavy (non-hydrogen) atoms. The average molecular weight is 437 g/mol. The molecule has 0 amide bonds. The van der Waals surface area contributed by atoms with Crippen LogP contribution in [0.4, 0.5) is 0 Å². The fraction of sp³-hybridized carbons (Fsp3) is 0.464. The van der Waals surface area contributed by atoms with Crippen LogP contribution in [0.5, 0.6) is 0 Å². The number of carboxylic acid groups (broad SMARTS) is 1. The number of rotatable bonds is 8. The zero-order chi connectivity index (χ0) is 22.6. The fourth-order valence-corrected chi connectivity index (χ4v) is 5.41. The third-order valence-corrected chi connectivity index (χ3v) is 7.72. The first-order valence-electron chi connectivity index (χ1n) is 11.4. The van der Waals surface area contributed by atoms with Crippen molar-refractivity contribution in [1.29, 1.82) is 0 Å². The molecule has 3 heteroatoms. The van der Waals surface area contributed by atoms with E-state index in [9.17, 15) is 4.79 Å². The first-order valence-corrected chi connectivity index (χ1v) is 12.6. The lowest BCUT2D eigenvalue weighted by Crippen LogP contribution is -2.34. The molecular formula is C28H36O2S. The number of hydrogen-bond donors (Lipinski definition) is 1. The van der Waals surface area contributed by atoms with E-state index < -0.39 is 5.97 Å². The highest BCUT2D eigenvalue weighted by atomic mass is 32.2. The molecule has 0 aliphatic heterocycles. The number of fused-ring (bicyclic) bond motifs is 1. The second kappa shape index (κ2) is 9.65. The predicted molar refractivity (Wildman–Crippen MR) is 135 cm³/mol. The lowest BCUT2D eigenvalue weighted by molar-refractivity contribution is 0.0697. The van der Waals surface area contributed by atoms with Crippen molar-refractivity contribution in [3.8, 4) is 0 Å². The maximum atomic E-state index is 11.1. The van der Waals surface area contributed by atoms with Gasteiger partial charge >= 0.3 is 5.97 Å². The van der Waals surface area contributed by atoms with Crippen LogP contribution < -0.4 is 0 Å². The number of hydrogen-bond acceptors (Lipinski definition) is 2. The Morgan fingerprint density at radius 3 is 2.19 bits per heavy atom. The van der Waals surface area contributed by atoms with Crippen LogP contribution >= 0.6 is 11.8 Å². The highest BCUT2D eigenvalue weighted by molar-refractivity contribution is 7.98. The zero-order valence-corrected chi connectivity index (χ0v) is 20.4. The van der Waals surface area contributed by atoms with Gasteiger partial charge in [-0.25, -0.2) is 4.79 Å². The van der Waals surface area contributed by atoms with Crippen LogP contribution in [0.2, 0.25) is 0 Å². The first-order chi connectivity index (χ1) is 14.6. The topological polar surface area (TPSA) is 37.3 Å². The maximum absolute atomic E-state index is 11.1. The lowest BCUT2D eigenvalue weighted by atomic mass is 9.62. The lowest BCUT2D eigenvalue weighted by Gasteiger charge is -2.42. The summed E-state index contributed by atoms with van der Waals surface area (Å²) in [6, 6.07) is 12.0. The Hall–Kier alpha value is -2.00. The van der Waals surface area contributed by atoms with Gasteiger partial charge in [-0.2, -0.15) is 11.8 Å². The Morgan fingerprint density at radius 1 is 1.00 bits per heavy atom. The smallest absolute Gasteiger partial charge is 0.335 e. The van der Waals surface area contributed by atoms with Gasteiger partial charge < -0.3 is 5.11 Å². The van der Waals surface area contributed by atoms with E-state index in [1.165, 1.54) is 53.7 Å². The first kappa shape index (κ1) is 23.7. The molecule has 0 fully saturated rings. The fourth-order valence-electron chi connectivity index (χ4n) is 4.31. The minimum absolute atomic E-state index is 0.185. The van der Waals surface area contributed by atoms with Crippen molar-refractivity contribution in [2.24, 2.45) is 0 Å². The summed E-state index contributed by atoms with van der Waals surface area (Å²) < 4.78 is 0. The quantitative estimate of drug-likeness (QED) is 0.337. The van der Waals surface area contributed by atoms with Gasteiger partial charge in [-0.05, 0) is 75.8 Å². The molecule has 0 radical (unpaired) electrons. The summed E-state index contributed by atoms with van der Waals surface area (Å²) in [5, 5.41) is 9.12. The minimum Gasteiger partial charge on any atom is -0.478 e. The molecule has 0 bridgehead atoms. The molecule has 0 atom stereocenters. The molecule has 3 rings (SSSR count). The number of unbranched alkanes of at least 4 members (excludes halogenated alkanes) is 1. The van der Waals surface area contributed by atoms with Crippen molar-refractivity contribution in [2.75, 3.05) is 5.75 Å². The second-order valence-corrected chi connectivity index (χ2v) is 11.1. The molecule has 1 N–H and O–H groups in total. The number of carbonyl (C=O) groups is 1. The minimum atomic E-state index is -0.888. The summed E-state index contributed by atoms with van der Waals surface area (Å²) >= 11 is 2.02. The highest BCUT2D eigenvalue weighted by Gasteiger charge is 2.37. The summed E-state index contributed by atoms with van der Waals surface area (Å²) in [4.78, 5) is 11.1. The van der Waals surface area contributed by atoms with Crippen molar-refractivity contribution in [3.05, 3.63) is 69.8 Å². The molecule has 0 heterocycles. The van der Waals surface area contributed by atoms with Crippen molar-refractivity contribution < 1.29 is 9.90 Å². The maximum Gasteiger partial charge on any atom is 0.335 e. The SMILES string of the molecule is CCCCSCc1cc2c(cc1/C=C/c1ccc(C(=O)O)cc1)C(C)(C)CCC2(C)C. The summed E-state index contributed by atoms with van der Waals surface area (Å²) in [6.45, 7) is 11.8. The number of benzene rings is 2. The van der Waals surface area contributed by atoms with E-state index in [2.05, 4.69) is 58.9 Å². The molecule has 1 aliphatic rings. The molecule has 0 unspecified atom stereocenters. The van der Waals surface area contributed by atoms with Crippen molar-refractivity contribution in [1.82, 2.24) is 0 Å². The monoisotopic (exact) mass is 436 g/mol. The molecule has 1 aliphatic carbocycles. The summed E-state index contributed by atoms with van der Waals surface area (Å²) in [5.74, 6) is 1.34. The molecule has 2 aromatic carbocycles. The molecule has 0 saturated carbocycles. The van der Waals surface area contributed by atoms with Crippen LogP contribution in [0.1, 0.15) is 98.5 Å². The molecule has 0 aromatic heterocycles. The Kier molecular flexibility index (Phi) is 7.36. The van der Waals surface area contributed by atoms with Gasteiger partial charge in [0.2, 0.25) is 0 Å². The van der Waals surface area contributed by atoms with Gasteiger partial charge in [0.15, 0.2) is 0 Å². The van der Waals surface area contributed by atoms with Crippen LogP contribution in [-0.4, -0.2) is 16.8 Å². The number of thioether (sulfide) groups is 1.